The number of nitrogens with one attached hydrogen (secondary N) is 1. The summed E-state index contributed by atoms with van der Waals surface area (Å²) in [7, 11) is 0. The molecule has 4 nitrogen and oxygen atoms in total. The number of carbonyl (C=O) groups is 2. The van der Waals surface area contributed by atoms with Gasteiger partial charge in [0.05, 0.1) is 0 Å². The van der Waals surface area contributed by atoms with Crippen molar-refractivity contribution in [3.05, 3.63) is 69.7 Å². The summed E-state index contributed by atoms with van der Waals surface area (Å²) >= 11 is 11.8. The number of halogens is 2. The zero-order chi connectivity index (χ0) is 19.1. The molecular weight excluding hydrogens is 371 g/mol. The maximum Gasteiger partial charge on any atom is 0.242 e. The molecule has 0 fully saturated rings. The molecule has 1 N–H and O–H groups in total. The lowest BCUT2D eigenvalue weighted by Crippen LogP contribution is -2.47. The van der Waals surface area contributed by atoms with Gasteiger partial charge in [-0.2, -0.15) is 0 Å². The molecule has 2 rings (SSSR count). The van der Waals surface area contributed by atoms with Crippen molar-refractivity contribution in [3.63, 3.8) is 0 Å². The van der Waals surface area contributed by atoms with E-state index in [-0.39, 0.29) is 11.8 Å². The molecular formula is C20H22Cl2N2O2. The first kappa shape index (κ1) is 20.3. The minimum absolute atomic E-state index is 0.0749. The molecule has 1 unspecified atom stereocenters. The van der Waals surface area contributed by atoms with Crippen molar-refractivity contribution in [1.29, 1.82) is 0 Å². The van der Waals surface area contributed by atoms with E-state index in [1.165, 1.54) is 0 Å². The Kier molecular flexibility index (Phi) is 7.49. The molecule has 2 aromatic carbocycles. The van der Waals surface area contributed by atoms with Crippen molar-refractivity contribution in [2.24, 2.45) is 0 Å². The third-order valence-corrected chi connectivity index (χ3v) is 4.62. The molecule has 2 aromatic rings. The normalized spacial score (nSPS) is 11.7. The van der Waals surface area contributed by atoms with Gasteiger partial charge >= 0.3 is 0 Å². The standard InChI is InChI=1S/C20H22Cl2N2O2/c1-3-19(25)24(13-16-6-10-18(22)11-7-16)14(2)20(26)23-12-15-4-8-17(21)9-5-15/h4-11,14H,3,12-13H2,1-2H3,(H,23,26). The van der Waals surface area contributed by atoms with E-state index in [0.29, 0.717) is 29.6 Å². The fourth-order valence-corrected chi connectivity index (χ4v) is 2.76. The highest BCUT2D eigenvalue weighted by molar-refractivity contribution is 6.30. The second kappa shape index (κ2) is 9.60. The molecule has 0 bridgehead atoms. The molecule has 138 valence electrons. The van der Waals surface area contributed by atoms with Crippen molar-refractivity contribution in [2.45, 2.75) is 39.4 Å². The Labute approximate surface area is 164 Å². The number of rotatable bonds is 7. The van der Waals surface area contributed by atoms with E-state index < -0.39 is 6.04 Å². The predicted molar refractivity (Wildman–Crippen MR) is 105 cm³/mol. The molecule has 0 aromatic heterocycles. The second-order valence-electron chi connectivity index (χ2n) is 6.02. The van der Waals surface area contributed by atoms with Gasteiger partial charge in [0.15, 0.2) is 0 Å². The first-order valence-electron chi connectivity index (χ1n) is 8.46. The first-order valence-corrected chi connectivity index (χ1v) is 9.22. The molecule has 0 saturated heterocycles. The van der Waals surface area contributed by atoms with Gasteiger partial charge in [-0.3, -0.25) is 9.59 Å². The summed E-state index contributed by atoms with van der Waals surface area (Å²) in [6, 6.07) is 14.0. The molecule has 1 atom stereocenters. The van der Waals surface area contributed by atoms with Crippen molar-refractivity contribution in [2.75, 3.05) is 0 Å². The lowest BCUT2D eigenvalue weighted by Gasteiger charge is -2.28. The van der Waals surface area contributed by atoms with Gasteiger partial charge in [0.25, 0.3) is 0 Å². The van der Waals surface area contributed by atoms with Gasteiger partial charge < -0.3 is 10.2 Å². The van der Waals surface area contributed by atoms with E-state index in [1.807, 2.05) is 24.3 Å². The smallest absolute Gasteiger partial charge is 0.242 e. The van der Waals surface area contributed by atoms with Gasteiger partial charge in [-0.15, -0.1) is 0 Å². The van der Waals surface area contributed by atoms with Crippen LogP contribution in [0.5, 0.6) is 0 Å². The monoisotopic (exact) mass is 392 g/mol. The Balaban J connectivity index is 2.03. The van der Waals surface area contributed by atoms with Crippen LogP contribution in [0, 0.1) is 0 Å². The number of amides is 2. The lowest BCUT2D eigenvalue weighted by atomic mass is 10.1. The average Bonchev–Trinajstić information content (AvgIpc) is 2.65. The molecule has 0 aliphatic rings. The van der Waals surface area contributed by atoms with Crippen LogP contribution in [-0.2, 0) is 22.7 Å². The fourth-order valence-electron chi connectivity index (χ4n) is 2.51. The Hall–Kier alpha value is -2.04. The van der Waals surface area contributed by atoms with Crippen LogP contribution in [-0.4, -0.2) is 22.8 Å². The summed E-state index contributed by atoms with van der Waals surface area (Å²) in [5, 5.41) is 4.16. The van der Waals surface area contributed by atoms with Crippen LogP contribution in [0.15, 0.2) is 48.5 Å². The Bertz CT molecular complexity index is 745. The highest BCUT2D eigenvalue weighted by Crippen LogP contribution is 2.15. The van der Waals surface area contributed by atoms with Gasteiger partial charge in [-0.1, -0.05) is 54.4 Å². The van der Waals surface area contributed by atoms with Gasteiger partial charge in [0.2, 0.25) is 11.8 Å². The van der Waals surface area contributed by atoms with Crippen LogP contribution in [0.3, 0.4) is 0 Å². The summed E-state index contributed by atoms with van der Waals surface area (Å²) in [6.45, 7) is 4.27. The van der Waals surface area contributed by atoms with Crippen molar-refractivity contribution in [1.82, 2.24) is 10.2 Å². The van der Waals surface area contributed by atoms with E-state index in [9.17, 15) is 9.59 Å². The van der Waals surface area contributed by atoms with E-state index in [0.717, 1.165) is 11.1 Å². The van der Waals surface area contributed by atoms with E-state index >= 15 is 0 Å². The summed E-state index contributed by atoms with van der Waals surface area (Å²) in [5.74, 6) is -0.273. The molecule has 6 heteroatoms. The van der Waals surface area contributed by atoms with Crippen molar-refractivity contribution in [3.8, 4) is 0 Å². The van der Waals surface area contributed by atoms with E-state index in [2.05, 4.69) is 5.32 Å². The maximum absolute atomic E-state index is 12.5. The van der Waals surface area contributed by atoms with Gasteiger partial charge in [0, 0.05) is 29.6 Å². The summed E-state index contributed by atoms with van der Waals surface area (Å²) in [4.78, 5) is 26.5. The van der Waals surface area contributed by atoms with Crippen molar-refractivity contribution >= 4 is 35.0 Å². The quantitative estimate of drug-likeness (QED) is 0.756. The van der Waals surface area contributed by atoms with Crippen LogP contribution >= 0.6 is 23.2 Å². The molecule has 26 heavy (non-hydrogen) atoms. The minimum Gasteiger partial charge on any atom is -0.350 e. The fraction of sp³-hybridized carbons (Fsp3) is 0.300. The van der Waals surface area contributed by atoms with E-state index in [4.69, 9.17) is 23.2 Å². The Morgan fingerprint density at radius 3 is 1.96 bits per heavy atom. The van der Waals surface area contributed by atoms with Crippen molar-refractivity contribution < 1.29 is 9.59 Å². The zero-order valence-corrected chi connectivity index (χ0v) is 16.3. The third kappa shape index (κ3) is 5.75. The zero-order valence-electron chi connectivity index (χ0n) is 14.8. The minimum atomic E-state index is -0.578. The summed E-state index contributed by atoms with van der Waals surface area (Å²) in [6.07, 6.45) is 0.336. The molecule has 0 radical (unpaired) electrons. The highest BCUT2D eigenvalue weighted by Gasteiger charge is 2.24. The number of hydrogen-bond donors (Lipinski definition) is 1. The predicted octanol–water partition coefficient (Wildman–Crippen LogP) is 4.44. The molecule has 0 aliphatic heterocycles. The van der Waals surface area contributed by atoms with Crippen LogP contribution in [0.4, 0.5) is 0 Å². The number of carbonyl (C=O) groups excluding carboxylic acids is 2. The van der Waals surface area contributed by atoms with Gasteiger partial charge in [-0.25, -0.2) is 0 Å². The maximum atomic E-state index is 12.5. The number of nitrogens with zero attached hydrogens (tertiary/aromatic N) is 1. The Morgan fingerprint density at radius 1 is 0.962 bits per heavy atom. The molecule has 0 spiro atoms. The topological polar surface area (TPSA) is 49.4 Å². The van der Waals surface area contributed by atoms with Crippen LogP contribution in [0.1, 0.15) is 31.4 Å². The summed E-state index contributed by atoms with van der Waals surface area (Å²) < 4.78 is 0. The lowest BCUT2D eigenvalue weighted by molar-refractivity contribution is -0.140. The van der Waals surface area contributed by atoms with Gasteiger partial charge in [-0.05, 0) is 42.3 Å². The SMILES string of the molecule is CCC(=O)N(Cc1ccc(Cl)cc1)C(C)C(=O)NCc1ccc(Cl)cc1. The molecule has 0 aliphatic carbocycles. The van der Waals surface area contributed by atoms with Crippen LogP contribution in [0.2, 0.25) is 10.0 Å². The molecule has 0 saturated carbocycles. The largest absolute Gasteiger partial charge is 0.350 e. The Morgan fingerprint density at radius 2 is 1.46 bits per heavy atom. The average molecular weight is 393 g/mol. The van der Waals surface area contributed by atoms with Gasteiger partial charge in [0.1, 0.15) is 6.04 Å². The number of hydrogen-bond acceptors (Lipinski definition) is 2. The van der Waals surface area contributed by atoms with E-state index in [1.54, 1.807) is 43.0 Å². The van der Waals surface area contributed by atoms with Crippen LogP contribution < -0.4 is 5.32 Å². The molecule has 0 heterocycles. The first-order chi connectivity index (χ1) is 12.4. The number of benzene rings is 2. The highest BCUT2D eigenvalue weighted by atomic mass is 35.5. The summed E-state index contributed by atoms with van der Waals surface area (Å²) in [5.41, 5.74) is 1.87. The molecule has 2 amide bonds. The van der Waals surface area contributed by atoms with Crippen LogP contribution in [0.25, 0.3) is 0 Å². The third-order valence-electron chi connectivity index (χ3n) is 4.12. The second-order valence-corrected chi connectivity index (χ2v) is 6.89.